The molecule has 1 atom stereocenters. The number of carbonyl (C=O) groups excluding carboxylic acids is 1. The van der Waals surface area contributed by atoms with Crippen LogP contribution in [0.4, 0.5) is 0 Å². The van der Waals surface area contributed by atoms with Gasteiger partial charge in [0.05, 0.1) is 15.1 Å². The van der Waals surface area contributed by atoms with E-state index in [1.165, 1.54) is 54.7 Å². The van der Waals surface area contributed by atoms with Crippen LogP contribution in [0.25, 0.3) is 10.2 Å². The third-order valence-corrected chi connectivity index (χ3v) is 10.7. The van der Waals surface area contributed by atoms with Crippen molar-refractivity contribution >= 4 is 55.1 Å². The summed E-state index contributed by atoms with van der Waals surface area (Å²) in [4.78, 5) is 29.4. The molecule has 2 aromatic carbocycles. The lowest BCUT2D eigenvalue weighted by atomic mass is 9.90. The number of allylic oxidation sites excluding steroid dienone is 3. The number of rotatable bonds is 16. The molecule has 0 radical (unpaired) electrons. The van der Waals surface area contributed by atoms with Crippen molar-refractivity contribution in [2.45, 2.75) is 80.0 Å². The number of thiazole rings is 1. The van der Waals surface area contributed by atoms with Gasteiger partial charge in [-0.2, -0.15) is 4.72 Å². The van der Waals surface area contributed by atoms with Gasteiger partial charge in [0.1, 0.15) is 6.04 Å². The molecule has 2 N–H and O–H groups in total. The van der Waals surface area contributed by atoms with Gasteiger partial charge in [0, 0.05) is 18.6 Å². The quantitative estimate of drug-likeness (QED) is 0.133. The Labute approximate surface area is 250 Å². The summed E-state index contributed by atoms with van der Waals surface area (Å²) in [6.07, 6.45) is 11.0. The largest absolute Gasteiger partial charge is 0.480 e. The minimum Gasteiger partial charge on any atom is -0.480 e. The molecule has 1 aliphatic rings. The van der Waals surface area contributed by atoms with Gasteiger partial charge in [-0.25, -0.2) is 13.4 Å². The number of ketones is 1. The molecule has 0 saturated heterocycles. The van der Waals surface area contributed by atoms with Gasteiger partial charge >= 0.3 is 5.97 Å². The number of aliphatic carboxylic acids is 1. The van der Waals surface area contributed by atoms with Crippen molar-refractivity contribution in [2.24, 2.45) is 0 Å². The van der Waals surface area contributed by atoms with Crippen LogP contribution in [0.5, 0.6) is 0 Å². The van der Waals surface area contributed by atoms with E-state index in [1.54, 1.807) is 23.9 Å². The number of carbonyl (C=O) groups is 2. The minimum atomic E-state index is -4.15. The second-order valence-electron chi connectivity index (χ2n) is 10.2. The summed E-state index contributed by atoms with van der Waals surface area (Å²) in [6, 6.07) is 13.1. The van der Waals surface area contributed by atoms with E-state index in [1.807, 2.05) is 36.4 Å². The number of Topliss-reactive ketones (excluding diaryl/α,β-unsaturated/α-hetero) is 1. The maximum Gasteiger partial charge on any atom is 0.322 e. The number of unbranched alkanes of at least 4 members (excludes halogenated alkanes) is 4. The van der Waals surface area contributed by atoms with Gasteiger partial charge in [-0.1, -0.05) is 92.4 Å². The van der Waals surface area contributed by atoms with Crippen molar-refractivity contribution in [2.75, 3.05) is 5.75 Å². The van der Waals surface area contributed by atoms with Crippen molar-refractivity contribution in [3.63, 3.8) is 0 Å². The zero-order valence-electron chi connectivity index (χ0n) is 23.2. The second kappa shape index (κ2) is 14.9. The molecular weight excluding hydrogens is 577 g/mol. The fraction of sp³-hybridized carbons (Fsp3) is 0.387. The van der Waals surface area contributed by atoms with Crippen molar-refractivity contribution in [3.05, 3.63) is 77.4 Å². The number of sulfonamides is 1. The molecule has 4 rings (SSSR count). The minimum absolute atomic E-state index is 0.0249. The number of hydrogen-bond acceptors (Lipinski definition) is 7. The Morgan fingerprint density at radius 1 is 1.07 bits per heavy atom. The number of nitrogens with one attached hydrogen (secondary N) is 1. The highest BCUT2D eigenvalue weighted by molar-refractivity contribution is 8.01. The van der Waals surface area contributed by atoms with Crippen LogP contribution in [-0.4, -0.2) is 42.1 Å². The number of fused-ring (bicyclic) bond motifs is 1. The first-order valence-corrected chi connectivity index (χ1v) is 17.3. The van der Waals surface area contributed by atoms with Gasteiger partial charge in [-0.05, 0) is 48.6 Å². The van der Waals surface area contributed by atoms with Crippen LogP contribution < -0.4 is 4.72 Å². The van der Waals surface area contributed by atoms with Crippen LogP contribution in [0.1, 0.15) is 63.9 Å². The topological polar surface area (TPSA) is 113 Å². The zero-order chi connectivity index (χ0) is 29.2. The van der Waals surface area contributed by atoms with Crippen LogP contribution in [-0.2, 0) is 26.0 Å². The Bertz CT molecular complexity index is 1530. The average molecular weight is 613 g/mol. The molecule has 1 heterocycles. The van der Waals surface area contributed by atoms with Gasteiger partial charge in [0.25, 0.3) is 0 Å². The Hall–Kier alpha value is -2.79. The lowest BCUT2D eigenvalue weighted by Gasteiger charge is -2.19. The maximum absolute atomic E-state index is 13.2. The van der Waals surface area contributed by atoms with Gasteiger partial charge in [-0.3, -0.25) is 9.59 Å². The van der Waals surface area contributed by atoms with Crippen molar-refractivity contribution in [3.8, 4) is 0 Å². The highest BCUT2D eigenvalue weighted by atomic mass is 32.2. The lowest BCUT2D eigenvalue weighted by molar-refractivity contribution is -0.138. The molecule has 0 saturated carbocycles. The molecule has 0 fully saturated rings. The standard InChI is InChI=1S/C31H36N2O5S3/c1-2-3-4-5-9-18-39-31-32-26-17-16-25(21-29(26)40-31)41(37,38)33-27(30(35)36)20-24-15-14-23(19-28(24)34)13-12-22-10-7-6-8-11-22/h6-8,10-11,14-17,21,27,33H,2-5,9,12-13,18-20H2,1H3,(H,35,36)/t27-/m1/s1. The first kappa shape index (κ1) is 31.2. The number of nitrogens with zero attached hydrogens (tertiary/aromatic N) is 1. The Morgan fingerprint density at radius 2 is 1.85 bits per heavy atom. The summed E-state index contributed by atoms with van der Waals surface area (Å²) in [5, 5.41) is 9.80. The molecule has 0 unspecified atom stereocenters. The predicted molar refractivity (Wildman–Crippen MR) is 166 cm³/mol. The molecule has 0 amide bonds. The highest BCUT2D eigenvalue weighted by Crippen LogP contribution is 2.32. The van der Waals surface area contributed by atoms with E-state index in [9.17, 15) is 23.1 Å². The van der Waals surface area contributed by atoms with E-state index >= 15 is 0 Å². The third kappa shape index (κ3) is 9.10. The van der Waals surface area contributed by atoms with Crippen LogP contribution in [0, 0.1) is 0 Å². The molecule has 0 bridgehead atoms. The summed E-state index contributed by atoms with van der Waals surface area (Å²) in [5.41, 5.74) is 3.17. The summed E-state index contributed by atoms with van der Waals surface area (Å²) < 4.78 is 30.3. The smallest absolute Gasteiger partial charge is 0.322 e. The van der Waals surface area contributed by atoms with Gasteiger partial charge in [0.2, 0.25) is 10.0 Å². The van der Waals surface area contributed by atoms with Crippen LogP contribution in [0.15, 0.2) is 81.1 Å². The molecule has 3 aromatic rings. The van der Waals surface area contributed by atoms with E-state index < -0.39 is 22.0 Å². The van der Waals surface area contributed by atoms with Crippen LogP contribution >= 0.6 is 23.1 Å². The average Bonchev–Trinajstić information content (AvgIpc) is 3.37. The summed E-state index contributed by atoms with van der Waals surface area (Å²) in [5.74, 6) is -0.547. The van der Waals surface area contributed by atoms with Gasteiger partial charge in [-0.15, -0.1) is 11.3 Å². The highest BCUT2D eigenvalue weighted by Gasteiger charge is 2.29. The Morgan fingerprint density at radius 3 is 2.59 bits per heavy atom. The fourth-order valence-corrected chi connectivity index (χ4v) is 8.09. The normalized spacial score (nSPS) is 14.6. The van der Waals surface area contributed by atoms with E-state index in [0.29, 0.717) is 11.1 Å². The van der Waals surface area contributed by atoms with Crippen LogP contribution in [0.3, 0.4) is 0 Å². The molecule has 1 aliphatic carbocycles. The SMILES string of the molecule is CCCCCCCSc1nc2ccc(S(=O)(=O)N[C@H](CC3=CC=C(CCc4ccccc4)CC3=O)C(=O)O)cc2s1. The summed E-state index contributed by atoms with van der Waals surface area (Å²) >= 11 is 3.11. The number of benzene rings is 2. The molecule has 10 heteroatoms. The van der Waals surface area contributed by atoms with Gasteiger partial charge < -0.3 is 5.11 Å². The molecule has 0 aliphatic heterocycles. The van der Waals surface area contributed by atoms with Crippen molar-refractivity contribution in [1.82, 2.24) is 9.71 Å². The van der Waals surface area contributed by atoms with E-state index in [4.69, 9.17) is 0 Å². The fourth-order valence-electron chi connectivity index (χ4n) is 4.63. The third-order valence-electron chi connectivity index (χ3n) is 6.99. The van der Waals surface area contributed by atoms with Gasteiger partial charge in [0.15, 0.2) is 10.1 Å². The number of aromatic nitrogens is 1. The van der Waals surface area contributed by atoms with E-state index in [2.05, 4.69) is 16.6 Å². The Balaban J connectivity index is 1.38. The lowest BCUT2D eigenvalue weighted by Crippen LogP contribution is -2.41. The number of aryl methyl sites for hydroxylation is 1. The summed E-state index contributed by atoms with van der Waals surface area (Å²) in [6.45, 7) is 2.19. The number of thioether (sulfide) groups is 1. The monoisotopic (exact) mass is 612 g/mol. The molecule has 7 nitrogen and oxygen atoms in total. The maximum atomic E-state index is 13.2. The first-order valence-electron chi connectivity index (χ1n) is 14.0. The predicted octanol–water partition coefficient (Wildman–Crippen LogP) is 6.94. The zero-order valence-corrected chi connectivity index (χ0v) is 25.6. The molecule has 1 aromatic heterocycles. The number of carboxylic acid groups (broad SMARTS) is 1. The first-order chi connectivity index (χ1) is 19.7. The molecule has 41 heavy (non-hydrogen) atoms. The van der Waals surface area contributed by atoms with Crippen LogP contribution in [0.2, 0.25) is 0 Å². The van der Waals surface area contributed by atoms with E-state index in [-0.39, 0.29) is 23.5 Å². The van der Waals surface area contributed by atoms with E-state index in [0.717, 1.165) is 39.6 Å². The van der Waals surface area contributed by atoms with Crippen molar-refractivity contribution in [1.29, 1.82) is 0 Å². The van der Waals surface area contributed by atoms with Crippen molar-refractivity contribution < 1.29 is 23.1 Å². The molecule has 218 valence electrons. The molecular formula is C31H36N2O5S3. The number of carboxylic acids is 1. The molecule has 0 spiro atoms. The number of hydrogen-bond donors (Lipinski definition) is 2. The summed E-state index contributed by atoms with van der Waals surface area (Å²) in [7, 11) is -4.15. The second-order valence-corrected chi connectivity index (χ2v) is 14.3. The Kier molecular flexibility index (Phi) is 11.3.